The zero-order valence-electron chi connectivity index (χ0n) is 16.7. The van der Waals surface area contributed by atoms with E-state index in [0.29, 0.717) is 30.2 Å². The van der Waals surface area contributed by atoms with Crippen LogP contribution in [-0.4, -0.2) is 39.0 Å². The molecule has 3 aromatic rings. The van der Waals surface area contributed by atoms with Gasteiger partial charge in [-0.05, 0) is 31.0 Å². The first-order chi connectivity index (χ1) is 15.0. The number of allylic oxidation sites excluding steroid dienone is 1. The SMILES string of the molecule is Nc1nnc2n1N(c1cnccc1N1CCCC(N)C1)C(c1c(F)cccc1F)=CC2. The molecule has 2 aliphatic heterocycles. The van der Waals surface area contributed by atoms with E-state index in [4.69, 9.17) is 11.5 Å². The molecule has 5 rings (SSSR count). The Morgan fingerprint density at radius 2 is 1.87 bits per heavy atom. The molecule has 4 N–H and O–H groups in total. The second-order valence-electron chi connectivity index (χ2n) is 7.70. The van der Waals surface area contributed by atoms with E-state index in [1.807, 2.05) is 6.07 Å². The minimum absolute atomic E-state index is 0.0469. The molecule has 0 saturated carbocycles. The summed E-state index contributed by atoms with van der Waals surface area (Å²) >= 11 is 0. The number of halogens is 2. The molecule has 1 aromatic carbocycles. The van der Waals surface area contributed by atoms with Crippen LogP contribution in [0.4, 0.5) is 26.1 Å². The molecule has 160 valence electrons. The minimum atomic E-state index is -0.670. The molecular formula is C21H22F2N8. The van der Waals surface area contributed by atoms with Crippen LogP contribution in [0.3, 0.4) is 0 Å². The summed E-state index contributed by atoms with van der Waals surface area (Å²) in [4.78, 5) is 6.45. The lowest BCUT2D eigenvalue weighted by Gasteiger charge is -2.38. The summed E-state index contributed by atoms with van der Waals surface area (Å²) in [6.07, 6.45) is 7.29. The maximum absolute atomic E-state index is 14.8. The zero-order valence-corrected chi connectivity index (χ0v) is 16.7. The number of aromatic nitrogens is 4. The van der Waals surface area contributed by atoms with E-state index in [2.05, 4.69) is 20.1 Å². The highest BCUT2D eigenvalue weighted by atomic mass is 19.1. The van der Waals surface area contributed by atoms with E-state index in [1.165, 1.54) is 18.2 Å². The van der Waals surface area contributed by atoms with Gasteiger partial charge in [0.15, 0.2) is 5.82 Å². The van der Waals surface area contributed by atoms with Crippen molar-refractivity contribution in [3.05, 3.63) is 65.8 Å². The molecule has 1 unspecified atom stereocenters. The summed E-state index contributed by atoms with van der Waals surface area (Å²) in [6, 6.07) is 5.72. The van der Waals surface area contributed by atoms with Crippen LogP contribution in [0.5, 0.6) is 0 Å². The number of pyridine rings is 1. The van der Waals surface area contributed by atoms with Crippen molar-refractivity contribution in [3.8, 4) is 0 Å². The fraction of sp³-hybridized carbons (Fsp3) is 0.286. The van der Waals surface area contributed by atoms with Crippen molar-refractivity contribution in [1.29, 1.82) is 0 Å². The van der Waals surface area contributed by atoms with E-state index in [9.17, 15) is 8.78 Å². The van der Waals surface area contributed by atoms with Gasteiger partial charge in [-0.3, -0.25) is 4.98 Å². The largest absolute Gasteiger partial charge is 0.368 e. The molecule has 0 spiro atoms. The van der Waals surface area contributed by atoms with Crippen LogP contribution in [0, 0.1) is 11.6 Å². The highest BCUT2D eigenvalue weighted by molar-refractivity contribution is 5.86. The third kappa shape index (κ3) is 3.28. The second-order valence-corrected chi connectivity index (χ2v) is 7.70. The first-order valence-electron chi connectivity index (χ1n) is 10.1. The lowest BCUT2D eigenvalue weighted by Crippen LogP contribution is -2.44. The Kier molecular flexibility index (Phi) is 4.78. The second kappa shape index (κ2) is 7.62. The van der Waals surface area contributed by atoms with Gasteiger partial charge in [0.05, 0.1) is 23.1 Å². The predicted octanol–water partition coefficient (Wildman–Crippen LogP) is 2.33. The standard InChI is InChI=1S/C21H22F2N8/c22-14-4-1-5-15(23)20(14)17-6-7-19-27-28-21(25)31(19)30(17)18-11-26-9-8-16(18)29-10-2-3-13(24)12-29/h1,4-6,8-9,11,13H,2-3,7,10,12,24H2,(H2,25,28). The van der Waals surface area contributed by atoms with Gasteiger partial charge in [-0.15, -0.1) is 10.2 Å². The van der Waals surface area contributed by atoms with Crippen molar-refractivity contribution in [2.45, 2.75) is 25.3 Å². The summed E-state index contributed by atoms with van der Waals surface area (Å²) in [5.41, 5.74) is 14.0. The molecule has 0 radical (unpaired) electrons. The molecule has 2 aromatic heterocycles. The third-order valence-corrected chi connectivity index (χ3v) is 5.66. The molecule has 0 bridgehead atoms. The quantitative estimate of drug-likeness (QED) is 0.665. The van der Waals surface area contributed by atoms with Crippen molar-refractivity contribution in [3.63, 3.8) is 0 Å². The Labute approximate surface area is 177 Å². The molecule has 10 heteroatoms. The van der Waals surface area contributed by atoms with Gasteiger partial charge >= 0.3 is 0 Å². The molecule has 4 heterocycles. The van der Waals surface area contributed by atoms with Crippen molar-refractivity contribution in [2.75, 3.05) is 28.7 Å². The molecule has 1 atom stereocenters. The van der Waals surface area contributed by atoms with Gasteiger partial charge in [-0.25, -0.2) is 13.8 Å². The third-order valence-electron chi connectivity index (χ3n) is 5.66. The molecule has 0 aliphatic carbocycles. The lowest BCUT2D eigenvalue weighted by molar-refractivity contribution is 0.506. The fourth-order valence-electron chi connectivity index (χ4n) is 4.28. The molecule has 2 aliphatic rings. The molecule has 8 nitrogen and oxygen atoms in total. The van der Waals surface area contributed by atoms with Crippen molar-refractivity contribution in [1.82, 2.24) is 19.9 Å². The van der Waals surface area contributed by atoms with E-state index >= 15 is 0 Å². The Hall–Kier alpha value is -3.53. The van der Waals surface area contributed by atoms with Crippen molar-refractivity contribution < 1.29 is 8.78 Å². The van der Waals surface area contributed by atoms with E-state index < -0.39 is 11.6 Å². The average molecular weight is 424 g/mol. The van der Waals surface area contributed by atoms with Gasteiger partial charge in [0.25, 0.3) is 0 Å². The maximum Gasteiger partial charge on any atom is 0.241 e. The van der Waals surface area contributed by atoms with E-state index in [-0.39, 0.29) is 17.6 Å². The summed E-state index contributed by atoms with van der Waals surface area (Å²) in [6.45, 7) is 1.48. The Morgan fingerprint density at radius 1 is 1.06 bits per heavy atom. The number of hydrogen-bond acceptors (Lipinski definition) is 7. The van der Waals surface area contributed by atoms with Crippen molar-refractivity contribution >= 4 is 23.0 Å². The van der Waals surface area contributed by atoms with Gasteiger partial charge in [-0.2, -0.15) is 4.68 Å². The van der Waals surface area contributed by atoms with Crippen LogP contribution in [0.1, 0.15) is 24.2 Å². The number of nitrogens with zero attached hydrogens (tertiary/aromatic N) is 6. The normalized spacial score (nSPS) is 18.7. The highest BCUT2D eigenvalue weighted by Crippen LogP contribution is 2.39. The Morgan fingerprint density at radius 3 is 2.65 bits per heavy atom. The molecule has 0 amide bonds. The lowest BCUT2D eigenvalue weighted by atomic mass is 10.0. The first kappa shape index (κ1) is 19.4. The predicted molar refractivity (Wildman–Crippen MR) is 114 cm³/mol. The first-order valence-corrected chi connectivity index (χ1v) is 10.1. The number of fused-ring (bicyclic) bond motifs is 1. The molecule has 1 fully saturated rings. The fourth-order valence-corrected chi connectivity index (χ4v) is 4.28. The van der Waals surface area contributed by atoms with E-state index in [0.717, 1.165) is 25.1 Å². The highest BCUT2D eigenvalue weighted by Gasteiger charge is 2.32. The average Bonchev–Trinajstić information content (AvgIpc) is 3.14. The number of benzene rings is 1. The van der Waals surface area contributed by atoms with Crippen LogP contribution in [0.2, 0.25) is 0 Å². The van der Waals surface area contributed by atoms with Crippen LogP contribution in [0.25, 0.3) is 5.70 Å². The number of piperidine rings is 1. The Balaban J connectivity index is 1.71. The van der Waals surface area contributed by atoms with Gasteiger partial charge in [0, 0.05) is 31.7 Å². The molecular weight excluding hydrogens is 402 g/mol. The smallest absolute Gasteiger partial charge is 0.241 e. The maximum atomic E-state index is 14.8. The number of nitrogens with two attached hydrogens (primary N) is 2. The monoisotopic (exact) mass is 424 g/mol. The van der Waals surface area contributed by atoms with Crippen LogP contribution in [0.15, 0.2) is 42.7 Å². The van der Waals surface area contributed by atoms with E-state index in [1.54, 1.807) is 28.2 Å². The number of anilines is 3. The van der Waals surface area contributed by atoms with Gasteiger partial charge in [0.2, 0.25) is 5.95 Å². The van der Waals surface area contributed by atoms with Crippen LogP contribution >= 0.6 is 0 Å². The van der Waals surface area contributed by atoms with Gasteiger partial charge in [0.1, 0.15) is 17.3 Å². The number of rotatable bonds is 3. The minimum Gasteiger partial charge on any atom is -0.368 e. The Bertz CT molecular complexity index is 1140. The molecule has 31 heavy (non-hydrogen) atoms. The number of hydrogen-bond donors (Lipinski definition) is 2. The summed E-state index contributed by atoms with van der Waals surface area (Å²) < 4.78 is 31.2. The van der Waals surface area contributed by atoms with Gasteiger partial charge in [-0.1, -0.05) is 12.1 Å². The summed E-state index contributed by atoms with van der Waals surface area (Å²) in [7, 11) is 0. The van der Waals surface area contributed by atoms with Gasteiger partial charge < -0.3 is 16.4 Å². The topological polar surface area (TPSA) is 102 Å². The zero-order chi connectivity index (χ0) is 21.5. The summed E-state index contributed by atoms with van der Waals surface area (Å²) in [5.74, 6) is -0.667. The number of nitrogen functional groups attached to an aromatic ring is 1. The molecule has 1 saturated heterocycles. The summed E-state index contributed by atoms with van der Waals surface area (Å²) in [5, 5.41) is 9.73. The van der Waals surface area contributed by atoms with Crippen LogP contribution in [-0.2, 0) is 6.42 Å². The van der Waals surface area contributed by atoms with Crippen LogP contribution < -0.4 is 21.4 Å². The van der Waals surface area contributed by atoms with Crippen molar-refractivity contribution in [2.24, 2.45) is 5.73 Å².